The molecule has 0 aromatic rings. The van der Waals surface area contributed by atoms with E-state index < -0.39 is 0 Å². The van der Waals surface area contributed by atoms with E-state index in [1.54, 1.807) is 0 Å². The van der Waals surface area contributed by atoms with E-state index in [1.165, 1.54) is 32.1 Å². The maximum atomic E-state index is 5.80. The molecule has 0 unspecified atom stereocenters. The second-order valence-electron chi connectivity index (χ2n) is 2.87. The van der Waals surface area contributed by atoms with Crippen molar-refractivity contribution in [1.82, 2.24) is 0 Å². The summed E-state index contributed by atoms with van der Waals surface area (Å²) in [7, 11) is 0. The Bertz CT molecular complexity index is 75.0. The van der Waals surface area contributed by atoms with Crippen LogP contribution in [-0.2, 0) is 0 Å². The Hall–Kier alpha value is 0.310. The molecule has 1 rings (SSSR count). The van der Waals surface area contributed by atoms with Crippen LogP contribution in [-0.4, -0.2) is 11.3 Å². The summed E-state index contributed by atoms with van der Waals surface area (Å²) in [6, 6.07) is 0.357. The number of hydrogen-bond acceptors (Lipinski definition) is 2. The highest BCUT2D eigenvalue weighted by Gasteiger charge is 2.15. The van der Waals surface area contributed by atoms with Crippen LogP contribution in [0.2, 0.25) is 0 Å². The van der Waals surface area contributed by atoms with Crippen LogP contribution in [0.15, 0.2) is 0 Å². The highest BCUT2D eigenvalue weighted by molar-refractivity contribution is 7.81. The Balaban J connectivity index is 2.32. The highest BCUT2D eigenvalue weighted by Crippen LogP contribution is 2.19. The van der Waals surface area contributed by atoms with E-state index in [0.717, 1.165) is 0 Å². The van der Waals surface area contributed by atoms with Gasteiger partial charge in [0.2, 0.25) is 0 Å². The summed E-state index contributed by atoms with van der Waals surface area (Å²) < 4.78 is 0. The van der Waals surface area contributed by atoms with Gasteiger partial charge < -0.3 is 5.73 Å². The largest absolute Gasteiger partial charge is 0.327 e. The molecule has 0 aromatic heterocycles. The Kier molecular flexibility index (Phi) is 2.86. The molecule has 1 nitrogen and oxygen atoms in total. The van der Waals surface area contributed by atoms with E-state index >= 15 is 0 Å². The lowest BCUT2D eigenvalue weighted by Crippen LogP contribution is -2.29. The van der Waals surface area contributed by atoms with Crippen molar-refractivity contribution in [1.29, 1.82) is 0 Å². The summed E-state index contributed by atoms with van der Waals surface area (Å²) in [5.74, 6) is 0. The molecule has 0 bridgehead atoms. The van der Waals surface area contributed by atoms with Crippen LogP contribution < -0.4 is 5.73 Å². The van der Waals surface area contributed by atoms with Gasteiger partial charge in [-0.1, -0.05) is 19.3 Å². The Morgan fingerprint density at radius 2 is 1.78 bits per heavy atom. The Labute approximate surface area is 62.4 Å². The molecule has 0 spiro atoms. The van der Waals surface area contributed by atoms with Crippen LogP contribution in [0.25, 0.3) is 0 Å². The fraction of sp³-hybridized carbons (Fsp3) is 1.00. The molecule has 2 heteroatoms. The summed E-state index contributed by atoms with van der Waals surface area (Å²) in [6.07, 6.45) is 6.36. The summed E-state index contributed by atoms with van der Waals surface area (Å²) in [5, 5.41) is 0.465. The molecule has 9 heavy (non-hydrogen) atoms. The van der Waals surface area contributed by atoms with E-state index in [2.05, 4.69) is 12.6 Å². The van der Waals surface area contributed by atoms with Gasteiger partial charge in [-0.3, -0.25) is 0 Å². The van der Waals surface area contributed by atoms with Crippen molar-refractivity contribution in [2.45, 2.75) is 43.4 Å². The lowest BCUT2D eigenvalue weighted by molar-refractivity contribution is 0.599. The average molecular weight is 145 g/mol. The monoisotopic (exact) mass is 145 g/mol. The minimum Gasteiger partial charge on any atom is -0.327 e. The van der Waals surface area contributed by atoms with Crippen molar-refractivity contribution in [3.8, 4) is 0 Å². The van der Waals surface area contributed by atoms with Gasteiger partial charge in [-0.2, -0.15) is 12.6 Å². The topological polar surface area (TPSA) is 26.0 Å². The molecule has 1 saturated carbocycles. The van der Waals surface area contributed by atoms with Crippen molar-refractivity contribution in [3.63, 3.8) is 0 Å². The summed E-state index contributed by atoms with van der Waals surface area (Å²) >= 11 is 4.40. The molecular formula is C7H15NS. The maximum Gasteiger partial charge on any atom is 0.0168 e. The molecule has 1 aliphatic carbocycles. The zero-order valence-electron chi connectivity index (χ0n) is 5.71. The highest BCUT2D eigenvalue weighted by atomic mass is 32.1. The third-order valence-electron chi connectivity index (χ3n) is 2.03. The number of thiol groups is 1. The standard InChI is InChI=1S/C7H15NS/c8-6-4-2-1-3-5-7(6)9/h6-7,9H,1-5,8H2/t6-,7-/m1/s1. The zero-order valence-corrected chi connectivity index (χ0v) is 6.61. The molecule has 0 amide bonds. The first-order valence-corrected chi connectivity index (χ1v) is 4.26. The van der Waals surface area contributed by atoms with E-state index in [9.17, 15) is 0 Å². The van der Waals surface area contributed by atoms with Crippen LogP contribution in [0, 0.1) is 0 Å². The molecule has 1 fully saturated rings. The number of hydrogen-bond donors (Lipinski definition) is 2. The quantitative estimate of drug-likeness (QED) is 0.393. The molecule has 2 atom stereocenters. The molecule has 0 aliphatic heterocycles. The van der Waals surface area contributed by atoms with Gasteiger partial charge in [0.1, 0.15) is 0 Å². The average Bonchev–Trinajstić information content (AvgIpc) is 1.99. The van der Waals surface area contributed by atoms with Gasteiger partial charge in [0, 0.05) is 11.3 Å². The Morgan fingerprint density at radius 1 is 1.11 bits per heavy atom. The van der Waals surface area contributed by atoms with Gasteiger partial charge in [-0.15, -0.1) is 0 Å². The summed E-state index contributed by atoms with van der Waals surface area (Å²) in [6.45, 7) is 0. The van der Waals surface area contributed by atoms with Crippen LogP contribution in [0.1, 0.15) is 32.1 Å². The van der Waals surface area contributed by atoms with Crippen LogP contribution in [0.5, 0.6) is 0 Å². The zero-order chi connectivity index (χ0) is 6.69. The SMILES string of the molecule is N[C@@H]1CCCCC[C@H]1S. The molecule has 0 radical (unpaired) electrons. The third kappa shape index (κ3) is 2.18. The normalized spacial score (nSPS) is 38.0. The van der Waals surface area contributed by atoms with Crippen LogP contribution >= 0.6 is 12.6 Å². The second-order valence-corrected chi connectivity index (χ2v) is 3.53. The molecule has 1 aliphatic rings. The summed E-state index contributed by atoms with van der Waals surface area (Å²) in [4.78, 5) is 0. The molecule has 0 saturated heterocycles. The van der Waals surface area contributed by atoms with E-state index in [4.69, 9.17) is 5.73 Å². The lowest BCUT2D eigenvalue weighted by Gasteiger charge is -2.13. The molecule has 0 heterocycles. The first-order chi connectivity index (χ1) is 4.30. The minimum atomic E-state index is 0.357. The Morgan fingerprint density at radius 3 is 2.56 bits per heavy atom. The van der Waals surface area contributed by atoms with Gasteiger partial charge in [-0.05, 0) is 12.8 Å². The van der Waals surface area contributed by atoms with Gasteiger partial charge in [0.25, 0.3) is 0 Å². The van der Waals surface area contributed by atoms with Gasteiger partial charge >= 0.3 is 0 Å². The smallest absolute Gasteiger partial charge is 0.0168 e. The van der Waals surface area contributed by atoms with Crippen LogP contribution in [0.4, 0.5) is 0 Å². The third-order valence-corrected chi connectivity index (χ3v) is 2.67. The number of nitrogens with two attached hydrogens (primary N) is 1. The maximum absolute atomic E-state index is 5.80. The lowest BCUT2D eigenvalue weighted by atomic mass is 10.1. The number of rotatable bonds is 0. The molecular weight excluding hydrogens is 130 g/mol. The molecule has 2 N–H and O–H groups in total. The van der Waals surface area contributed by atoms with Gasteiger partial charge in [0.05, 0.1) is 0 Å². The fourth-order valence-corrected chi connectivity index (χ4v) is 1.65. The first kappa shape index (κ1) is 7.42. The summed E-state index contributed by atoms with van der Waals surface area (Å²) in [5.41, 5.74) is 5.80. The van der Waals surface area contributed by atoms with Crippen molar-refractivity contribution >= 4 is 12.6 Å². The van der Waals surface area contributed by atoms with Crippen LogP contribution in [0.3, 0.4) is 0 Å². The predicted octanol–water partition coefficient (Wildman–Crippen LogP) is 1.58. The molecule has 0 aromatic carbocycles. The fourth-order valence-electron chi connectivity index (χ4n) is 1.32. The minimum absolute atomic E-state index is 0.357. The first-order valence-electron chi connectivity index (χ1n) is 3.74. The van der Waals surface area contributed by atoms with E-state index in [1.807, 2.05) is 0 Å². The van der Waals surface area contributed by atoms with Crippen molar-refractivity contribution < 1.29 is 0 Å². The van der Waals surface area contributed by atoms with Gasteiger partial charge in [0.15, 0.2) is 0 Å². The van der Waals surface area contributed by atoms with Crippen molar-refractivity contribution in [2.75, 3.05) is 0 Å². The molecule has 54 valence electrons. The van der Waals surface area contributed by atoms with Crippen molar-refractivity contribution in [2.24, 2.45) is 5.73 Å². The van der Waals surface area contributed by atoms with Gasteiger partial charge in [-0.25, -0.2) is 0 Å². The second kappa shape index (κ2) is 3.47. The van der Waals surface area contributed by atoms with E-state index in [-0.39, 0.29) is 0 Å². The predicted molar refractivity (Wildman–Crippen MR) is 43.8 cm³/mol. The van der Waals surface area contributed by atoms with Crippen molar-refractivity contribution in [3.05, 3.63) is 0 Å². The van der Waals surface area contributed by atoms with E-state index in [0.29, 0.717) is 11.3 Å².